The average molecular weight is 213 g/mol. The molecule has 0 unspecified atom stereocenters. The second-order valence-electron chi connectivity index (χ2n) is 3.83. The molecule has 1 aromatic heterocycles. The normalized spacial score (nSPS) is 10.3. The summed E-state index contributed by atoms with van der Waals surface area (Å²) in [6.07, 6.45) is 1.53. The summed E-state index contributed by atoms with van der Waals surface area (Å²) in [6.45, 7) is 2.82. The van der Waals surface area contributed by atoms with E-state index in [-0.39, 0.29) is 0 Å². The van der Waals surface area contributed by atoms with E-state index in [1.165, 1.54) is 17.0 Å². The number of aromatic nitrogens is 1. The van der Waals surface area contributed by atoms with Gasteiger partial charge >= 0.3 is 0 Å². The molecule has 0 aliphatic carbocycles. The molecule has 0 saturated heterocycles. The molecule has 2 heteroatoms. The number of hydrogen-bond donors (Lipinski definition) is 0. The van der Waals surface area contributed by atoms with E-state index in [1.54, 1.807) is 0 Å². The molecule has 0 radical (unpaired) electrons. The topological polar surface area (TPSA) is 22.0 Å². The van der Waals surface area contributed by atoms with Crippen molar-refractivity contribution in [3.63, 3.8) is 0 Å². The van der Waals surface area contributed by atoms with E-state index < -0.39 is 0 Å². The summed E-state index contributed by atoms with van der Waals surface area (Å²) in [5, 5.41) is 0. The van der Waals surface area contributed by atoms with Crippen LogP contribution in [-0.2, 0) is 11.3 Å². The Balaban J connectivity index is 2.38. The third-order valence-corrected chi connectivity index (χ3v) is 2.74. The lowest BCUT2D eigenvalue weighted by Gasteiger charge is -2.09. The van der Waals surface area contributed by atoms with Gasteiger partial charge in [-0.05, 0) is 24.6 Å². The molecular formula is C14H15NO. The first-order valence-electron chi connectivity index (χ1n) is 5.48. The molecular weight excluding hydrogens is 198 g/mol. The van der Waals surface area contributed by atoms with E-state index in [2.05, 4.69) is 35.8 Å². The largest absolute Gasteiger partial charge is 0.344 e. The van der Waals surface area contributed by atoms with Crippen molar-refractivity contribution in [2.24, 2.45) is 0 Å². The fourth-order valence-electron chi connectivity index (χ4n) is 1.91. The van der Waals surface area contributed by atoms with Gasteiger partial charge in [0.15, 0.2) is 0 Å². The Bertz CT molecular complexity index is 471. The van der Waals surface area contributed by atoms with Crippen molar-refractivity contribution in [1.29, 1.82) is 0 Å². The summed E-state index contributed by atoms with van der Waals surface area (Å²) in [7, 11) is 0. The van der Waals surface area contributed by atoms with Crippen LogP contribution in [0, 0.1) is 6.92 Å². The highest BCUT2D eigenvalue weighted by Crippen LogP contribution is 2.22. The van der Waals surface area contributed by atoms with Crippen molar-refractivity contribution in [2.75, 3.05) is 0 Å². The van der Waals surface area contributed by atoms with Crippen LogP contribution >= 0.6 is 0 Å². The first-order chi connectivity index (χ1) is 7.83. The number of nitrogens with zero attached hydrogens (tertiary/aromatic N) is 1. The smallest absolute Gasteiger partial charge is 0.121 e. The molecule has 0 amide bonds. The third kappa shape index (κ3) is 2.06. The quantitative estimate of drug-likeness (QED) is 0.715. The van der Waals surface area contributed by atoms with E-state index in [0.29, 0.717) is 6.42 Å². The number of aldehydes is 1. The monoisotopic (exact) mass is 213 g/mol. The first kappa shape index (κ1) is 10.7. The highest BCUT2D eigenvalue weighted by molar-refractivity contribution is 5.61. The molecule has 0 aliphatic heterocycles. The van der Waals surface area contributed by atoms with Crippen molar-refractivity contribution in [3.8, 4) is 11.3 Å². The van der Waals surface area contributed by atoms with Gasteiger partial charge < -0.3 is 9.36 Å². The van der Waals surface area contributed by atoms with Crippen molar-refractivity contribution in [1.82, 2.24) is 4.57 Å². The molecule has 0 spiro atoms. The summed E-state index contributed by atoms with van der Waals surface area (Å²) in [6, 6.07) is 14.4. The fraction of sp³-hybridized carbons (Fsp3) is 0.214. The maximum Gasteiger partial charge on any atom is 0.121 e. The molecule has 16 heavy (non-hydrogen) atoms. The highest BCUT2D eigenvalue weighted by atomic mass is 16.1. The Kier molecular flexibility index (Phi) is 3.20. The minimum absolute atomic E-state index is 0.565. The predicted octanol–water partition coefficient (Wildman–Crippen LogP) is 3.05. The van der Waals surface area contributed by atoms with Gasteiger partial charge in [-0.2, -0.15) is 0 Å². The van der Waals surface area contributed by atoms with Crippen LogP contribution in [-0.4, -0.2) is 10.9 Å². The van der Waals surface area contributed by atoms with Crippen molar-refractivity contribution in [3.05, 3.63) is 48.2 Å². The Morgan fingerprint density at radius 2 is 1.88 bits per heavy atom. The second kappa shape index (κ2) is 4.79. The Labute approximate surface area is 95.5 Å². The van der Waals surface area contributed by atoms with E-state index in [1.807, 2.05) is 18.2 Å². The number of benzene rings is 1. The number of hydrogen-bond acceptors (Lipinski definition) is 1. The van der Waals surface area contributed by atoms with E-state index in [4.69, 9.17) is 0 Å². The van der Waals surface area contributed by atoms with Gasteiger partial charge in [-0.25, -0.2) is 0 Å². The third-order valence-electron chi connectivity index (χ3n) is 2.74. The highest BCUT2D eigenvalue weighted by Gasteiger charge is 2.06. The summed E-state index contributed by atoms with van der Waals surface area (Å²) in [5.41, 5.74) is 3.57. The molecule has 82 valence electrons. The zero-order valence-electron chi connectivity index (χ0n) is 9.39. The second-order valence-corrected chi connectivity index (χ2v) is 3.83. The van der Waals surface area contributed by atoms with Gasteiger partial charge in [0.05, 0.1) is 0 Å². The van der Waals surface area contributed by atoms with Gasteiger partial charge in [0, 0.05) is 24.4 Å². The molecule has 0 N–H and O–H groups in total. The molecule has 1 heterocycles. The summed E-state index contributed by atoms with van der Waals surface area (Å²) in [4.78, 5) is 10.4. The number of carbonyl (C=O) groups excluding carboxylic acids is 1. The summed E-state index contributed by atoms with van der Waals surface area (Å²) >= 11 is 0. The standard InChI is InChI=1S/C14H15NO/c1-12-8-9-14(15(12)10-5-11-16)13-6-3-2-4-7-13/h2-4,6-9,11H,5,10H2,1H3. The molecule has 0 fully saturated rings. The van der Waals surface area contributed by atoms with Crippen LogP contribution in [0.4, 0.5) is 0 Å². The lowest BCUT2D eigenvalue weighted by Crippen LogP contribution is -2.02. The van der Waals surface area contributed by atoms with Crippen LogP contribution in [0.3, 0.4) is 0 Å². The van der Waals surface area contributed by atoms with E-state index in [9.17, 15) is 4.79 Å². The lowest BCUT2D eigenvalue weighted by atomic mass is 10.1. The molecule has 0 bridgehead atoms. The molecule has 2 aromatic rings. The lowest BCUT2D eigenvalue weighted by molar-refractivity contribution is -0.108. The Hall–Kier alpha value is -1.83. The zero-order chi connectivity index (χ0) is 11.4. The zero-order valence-corrected chi connectivity index (χ0v) is 9.39. The molecule has 2 nitrogen and oxygen atoms in total. The van der Waals surface area contributed by atoms with Crippen LogP contribution in [0.1, 0.15) is 12.1 Å². The van der Waals surface area contributed by atoms with E-state index in [0.717, 1.165) is 12.8 Å². The fourth-order valence-corrected chi connectivity index (χ4v) is 1.91. The number of rotatable bonds is 4. The Morgan fingerprint density at radius 1 is 1.12 bits per heavy atom. The van der Waals surface area contributed by atoms with Crippen LogP contribution < -0.4 is 0 Å². The Morgan fingerprint density at radius 3 is 2.56 bits per heavy atom. The van der Waals surface area contributed by atoms with E-state index >= 15 is 0 Å². The van der Waals surface area contributed by atoms with Crippen LogP contribution in [0.15, 0.2) is 42.5 Å². The van der Waals surface area contributed by atoms with Gasteiger partial charge in [0.2, 0.25) is 0 Å². The van der Waals surface area contributed by atoms with Gasteiger partial charge in [-0.3, -0.25) is 0 Å². The van der Waals surface area contributed by atoms with Gasteiger partial charge in [-0.1, -0.05) is 30.3 Å². The first-order valence-corrected chi connectivity index (χ1v) is 5.48. The van der Waals surface area contributed by atoms with Gasteiger partial charge in [0.1, 0.15) is 6.29 Å². The predicted molar refractivity (Wildman–Crippen MR) is 65.3 cm³/mol. The van der Waals surface area contributed by atoms with Gasteiger partial charge in [0.25, 0.3) is 0 Å². The average Bonchev–Trinajstić information content (AvgIpc) is 2.69. The minimum atomic E-state index is 0.565. The summed E-state index contributed by atoms with van der Waals surface area (Å²) in [5.74, 6) is 0. The molecule has 0 atom stereocenters. The van der Waals surface area contributed by atoms with Crippen LogP contribution in [0.25, 0.3) is 11.3 Å². The van der Waals surface area contributed by atoms with Crippen LogP contribution in [0.5, 0.6) is 0 Å². The van der Waals surface area contributed by atoms with Crippen LogP contribution in [0.2, 0.25) is 0 Å². The molecule has 1 aromatic carbocycles. The maximum absolute atomic E-state index is 10.4. The number of aryl methyl sites for hydroxylation is 1. The van der Waals surface area contributed by atoms with Crippen molar-refractivity contribution < 1.29 is 4.79 Å². The van der Waals surface area contributed by atoms with Gasteiger partial charge in [-0.15, -0.1) is 0 Å². The molecule has 0 saturated carbocycles. The molecule has 0 aliphatic rings. The number of carbonyl (C=O) groups is 1. The van der Waals surface area contributed by atoms with Crippen molar-refractivity contribution >= 4 is 6.29 Å². The minimum Gasteiger partial charge on any atom is -0.344 e. The maximum atomic E-state index is 10.4. The molecule has 2 rings (SSSR count). The van der Waals surface area contributed by atoms with Crippen molar-refractivity contribution in [2.45, 2.75) is 19.9 Å². The SMILES string of the molecule is Cc1ccc(-c2ccccc2)n1CCC=O. The summed E-state index contributed by atoms with van der Waals surface area (Å²) < 4.78 is 2.18.